The van der Waals surface area contributed by atoms with Crippen molar-refractivity contribution in [3.8, 4) is 23.8 Å². The van der Waals surface area contributed by atoms with Crippen LogP contribution in [-0.2, 0) is 4.79 Å². The Hall–Kier alpha value is -3.56. The fourth-order valence-electron chi connectivity index (χ4n) is 3.12. The van der Waals surface area contributed by atoms with Crippen molar-refractivity contribution in [3.63, 3.8) is 0 Å². The summed E-state index contributed by atoms with van der Waals surface area (Å²) in [5, 5.41) is 4.17. The van der Waals surface area contributed by atoms with Crippen LogP contribution in [0.3, 0.4) is 0 Å². The number of amides is 1. The van der Waals surface area contributed by atoms with E-state index in [9.17, 15) is 4.79 Å². The van der Waals surface area contributed by atoms with Crippen LogP contribution in [-0.4, -0.2) is 25.8 Å². The molecule has 6 heteroatoms. The summed E-state index contributed by atoms with van der Waals surface area (Å²) in [6.45, 7) is 0.0787. The SMILES string of the molecule is C#CCOc1c(/C=N\NC(=O)C(c2ccccc2)c2ccccc2)cc(Br)cc1OC. The smallest absolute Gasteiger partial charge is 0.252 e. The van der Waals surface area contributed by atoms with Crippen LogP contribution in [0.5, 0.6) is 11.5 Å². The second-order valence-corrected chi connectivity index (χ2v) is 7.42. The van der Waals surface area contributed by atoms with Crippen molar-refractivity contribution >= 4 is 28.1 Å². The number of hydrogen-bond acceptors (Lipinski definition) is 4. The maximum Gasteiger partial charge on any atom is 0.252 e. The minimum Gasteiger partial charge on any atom is -0.493 e. The van der Waals surface area contributed by atoms with Crippen LogP contribution in [0.15, 0.2) is 82.4 Å². The van der Waals surface area contributed by atoms with Crippen molar-refractivity contribution in [2.45, 2.75) is 5.92 Å². The van der Waals surface area contributed by atoms with E-state index >= 15 is 0 Å². The summed E-state index contributed by atoms with van der Waals surface area (Å²) < 4.78 is 11.8. The molecule has 156 valence electrons. The fourth-order valence-corrected chi connectivity index (χ4v) is 3.58. The Morgan fingerprint density at radius 1 is 1.13 bits per heavy atom. The van der Waals surface area contributed by atoms with Crippen LogP contribution in [0.2, 0.25) is 0 Å². The van der Waals surface area contributed by atoms with Gasteiger partial charge in [0.05, 0.1) is 19.2 Å². The average molecular weight is 477 g/mol. The first-order chi connectivity index (χ1) is 15.1. The lowest BCUT2D eigenvalue weighted by Gasteiger charge is -2.16. The summed E-state index contributed by atoms with van der Waals surface area (Å²) in [6.07, 6.45) is 6.82. The van der Waals surface area contributed by atoms with Crippen molar-refractivity contribution in [2.24, 2.45) is 5.10 Å². The van der Waals surface area contributed by atoms with Gasteiger partial charge in [0.1, 0.15) is 6.61 Å². The highest BCUT2D eigenvalue weighted by Gasteiger charge is 2.22. The number of ether oxygens (including phenoxy) is 2. The topological polar surface area (TPSA) is 59.9 Å². The van der Waals surface area contributed by atoms with Crippen molar-refractivity contribution in [3.05, 3.63) is 94.0 Å². The molecule has 0 saturated carbocycles. The minimum absolute atomic E-state index is 0.0787. The Morgan fingerprint density at radius 2 is 1.74 bits per heavy atom. The molecule has 0 atom stereocenters. The molecule has 0 aliphatic heterocycles. The predicted molar refractivity (Wildman–Crippen MR) is 125 cm³/mol. The molecule has 3 aromatic carbocycles. The number of rotatable bonds is 8. The van der Waals surface area contributed by atoms with E-state index in [1.807, 2.05) is 60.7 Å². The second kappa shape index (κ2) is 11.0. The van der Waals surface area contributed by atoms with Crippen LogP contribution < -0.4 is 14.9 Å². The number of terminal acetylenes is 1. The molecule has 0 radical (unpaired) electrons. The van der Waals surface area contributed by atoms with E-state index < -0.39 is 5.92 Å². The monoisotopic (exact) mass is 476 g/mol. The number of nitrogens with zero attached hydrogens (tertiary/aromatic N) is 1. The fraction of sp³-hybridized carbons (Fsp3) is 0.120. The lowest BCUT2D eigenvalue weighted by atomic mass is 9.91. The summed E-state index contributed by atoms with van der Waals surface area (Å²) in [5.41, 5.74) is 5.01. The number of benzene rings is 3. The highest BCUT2D eigenvalue weighted by molar-refractivity contribution is 9.10. The van der Waals surface area contributed by atoms with E-state index in [0.29, 0.717) is 17.1 Å². The van der Waals surface area contributed by atoms with Crippen LogP contribution in [0, 0.1) is 12.3 Å². The third-order valence-corrected chi connectivity index (χ3v) is 4.93. The summed E-state index contributed by atoms with van der Waals surface area (Å²) in [5.74, 6) is 2.64. The zero-order valence-electron chi connectivity index (χ0n) is 16.9. The molecular formula is C25H21BrN2O3. The summed E-state index contributed by atoms with van der Waals surface area (Å²) in [4.78, 5) is 13.1. The molecule has 0 fully saturated rings. The normalized spacial score (nSPS) is 10.6. The van der Waals surface area contributed by atoms with Gasteiger partial charge in [-0.15, -0.1) is 6.42 Å². The molecule has 3 aromatic rings. The van der Waals surface area contributed by atoms with E-state index in [1.54, 1.807) is 12.1 Å². The summed E-state index contributed by atoms with van der Waals surface area (Å²) in [7, 11) is 1.54. The van der Waals surface area contributed by atoms with Crippen LogP contribution >= 0.6 is 15.9 Å². The number of carbonyl (C=O) groups is 1. The molecule has 3 rings (SSSR count). The first-order valence-electron chi connectivity index (χ1n) is 9.50. The lowest BCUT2D eigenvalue weighted by molar-refractivity contribution is -0.121. The zero-order chi connectivity index (χ0) is 22.1. The molecule has 1 amide bonds. The number of nitrogens with one attached hydrogen (secondary N) is 1. The molecule has 0 aliphatic carbocycles. The van der Waals surface area contributed by atoms with E-state index in [1.165, 1.54) is 13.3 Å². The van der Waals surface area contributed by atoms with E-state index in [4.69, 9.17) is 15.9 Å². The highest BCUT2D eigenvalue weighted by Crippen LogP contribution is 2.34. The Kier molecular flexibility index (Phi) is 7.85. The molecule has 0 bridgehead atoms. The van der Waals surface area contributed by atoms with Gasteiger partial charge in [-0.3, -0.25) is 4.79 Å². The third kappa shape index (κ3) is 5.74. The maximum absolute atomic E-state index is 13.1. The molecule has 0 spiro atoms. The van der Waals surface area contributed by atoms with Crippen LogP contribution in [0.25, 0.3) is 0 Å². The van der Waals surface area contributed by atoms with Crippen molar-refractivity contribution in [1.29, 1.82) is 0 Å². The number of methoxy groups -OCH3 is 1. The van der Waals surface area contributed by atoms with Crippen molar-refractivity contribution in [2.75, 3.05) is 13.7 Å². The quantitative estimate of drug-likeness (QED) is 0.289. The Balaban J connectivity index is 1.86. The van der Waals surface area contributed by atoms with Gasteiger partial charge in [0, 0.05) is 10.0 Å². The molecule has 0 saturated heterocycles. The van der Waals surface area contributed by atoms with Gasteiger partial charge in [-0.2, -0.15) is 5.10 Å². The Bertz CT molecular complexity index is 1050. The number of halogens is 1. The van der Waals surface area contributed by atoms with E-state index in [0.717, 1.165) is 15.6 Å². The van der Waals surface area contributed by atoms with Crippen molar-refractivity contribution < 1.29 is 14.3 Å². The molecule has 0 heterocycles. The van der Waals surface area contributed by atoms with Crippen LogP contribution in [0.4, 0.5) is 0 Å². The summed E-state index contributed by atoms with van der Waals surface area (Å²) >= 11 is 3.44. The van der Waals surface area contributed by atoms with Crippen LogP contribution in [0.1, 0.15) is 22.6 Å². The molecule has 1 N–H and O–H groups in total. The largest absolute Gasteiger partial charge is 0.493 e. The number of hydrogen-bond donors (Lipinski definition) is 1. The van der Waals surface area contributed by atoms with E-state index in [-0.39, 0.29) is 12.5 Å². The third-order valence-electron chi connectivity index (χ3n) is 4.47. The lowest BCUT2D eigenvalue weighted by Crippen LogP contribution is -2.26. The molecular weight excluding hydrogens is 456 g/mol. The Labute approximate surface area is 190 Å². The number of hydrazone groups is 1. The van der Waals surface area contributed by atoms with E-state index in [2.05, 4.69) is 32.4 Å². The second-order valence-electron chi connectivity index (χ2n) is 6.51. The molecule has 0 aliphatic rings. The molecule has 31 heavy (non-hydrogen) atoms. The zero-order valence-corrected chi connectivity index (χ0v) is 18.5. The standard InChI is InChI=1S/C25H21BrN2O3/c1-3-14-31-24-20(15-21(26)16-22(24)30-2)17-27-28-25(29)23(18-10-6-4-7-11-18)19-12-8-5-9-13-19/h1,4-13,15-17,23H,14H2,2H3,(H,28,29)/b27-17-. The molecule has 0 unspecified atom stereocenters. The van der Waals surface area contributed by atoms with Crippen molar-refractivity contribution in [1.82, 2.24) is 5.43 Å². The van der Waals surface area contributed by atoms with Gasteiger partial charge in [0.2, 0.25) is 0 Å². The highest BCUT2D eigenvalue weighted by atomic mass is 79.9. The van der Waals surface area contributed by atoms with Gasteiger partial charge in [0.15, 0.2) is 11.5 Å². The van der Waals surface area contributed by atoms with Gasteiger partial charge < -0.3 is 9.47 Å². The first kappa shape index (κ1) is 22.1. The first-order valence-corrected chi connectivity index (χ1v) is 10.3. The van der Waals surface area contributed by atoms with Gasteiger partial charge in [0.25, 0.3) is 5.91 Å². The minimum atomic E-state index is -0.492. The average Bonchev–Trinajstić information content (AvgIpc) is 2.79. The molecule has 5 nitrogen and oxygen atoms in total. The van der Waals surface area contributed by atoms with Gasteiger partial charge in [-0.1, -0.05) is 82.5 Å². The predicted octanol–water partition coefficient (Wildman–Crippen LogP) is 4.75. The summed E-state index contributed by atoms with van der Waals surface area (Å²) in [6, 6.07) is 22.7. The number of carbonyl (C=O) groups excluding carboxylic acids is 1. The van der Waals surface area contributed by atoms with Gasteiger partial charge >= 0.3 is 0 Å². The van der Waals surface area contributed by atoms with Gasteiger partial charge in [-0.25, -0.2) is 5.43 Å². The maximum atomic E-state index is 13.1. The molecule has 0 aromatic heterocycles. The van der Waals surface area contributed by atoms with Gasteiger partial charge in [-0.05, 0) is 23.3 Å². The Morgan fingerprint density at radius 3 is 2.29 bits per heavy atom.